The molecule has 1 saturated heterocycles. The molecular formula is C16H23NO3. The van der Waals surface area contributed by atoms with E-state index in [9.17, 15) is 9.90 Å². The van der Waals surface area contributed by atoms with Crippen LogP contribution in [0, 0.1) is 6.92 Å². The van der Waals surface area contributed by atoms with E-state index in [4.69, 9.17) is 4.74 Å². The summed E-state index contributed by atoms with van der Waals surface area (Å²) in [4.78, 5) is 14.1. The van der Waals surface area contributed by atoms with Gasteiger partial charge in [-0.25, -0.2) is 0 Å². The molecule has 1 aromatic carbocycles. The molecule has 20 heavy (non-hydrogen) atoms. The molecule has 0 bridgehead atoms. The number of aryl methyl sites for hydroxylation is 1. The zero-order chi connectivity index (χ0) is 14.8. The Kier molecular flexibility index (Phi) is 4.33. The molecule has 110 valence electrons. The molecule has 0 radical (unpaired) electrons. The molecule has 1 N–H and O–H groups in total. The van der Waals surface area contributed by atoms with Gasteiger partial charge in [0, 0.05) is 13.1 Å². The van der Waals surface area contributed by atoms with Crippen molar-refractivity contribution in [3.05, 3.63) is 29.8 Å². The van der Waals surface area contributed by atoms with Crippen molar-refractivity contribution in [2.75, 3.05) is 13.1 Å². The lowest BCUT2D eigenvalue weighted by molar-refractivity contribution is -0.141. The van der Waals surface area contributed by atoms with Gasteiger partial charge in [-0.2, -0.15) is 0 Å². The first-order valence-corrected chi connectivity index (χ1v) is 7.12. The van der Waals surface area contributed by atoms with Crippen LogP contribution in [0.15, 0.2) is 24.3 Å². The van der Waals surface area contributed by atoms with Gasteiger partial charge >= 0.3 is 0 Å². The normalized spacial score (nSPS) is 19.5. The van der Waals surface area contributed by atoms with Crippen molar-refractivity contribution < 1.29 is 14.6 Å². The topological polar surface area (TPSA) is 49.8 Å². The van der Waals surface area contributed by atoms with Crippen molar-refractivity contribution in [3.8, 4) is 5.75 Å². The van der Waals surface area contributed by atoms with E-state index in [1.54, 1.807) is 11.8 Å². The average molecular weight is 277 g/mol. The van der Waals surface area contributed by atoms with E-state index in [0.29, 0.717) is 31.7 Å². The highest BCUT2D eigenvalue weighted by atomic mass is 16.5. The minimum absolute atomic E-state index is 0.0129. The number of carbonyl (C=O) groups is 1. The minimum atomic E-state index is -0.641. The number of aliphatic hydroxyl groups is 1. The predicted octanol–water partition coefficient (Wildman–Crippen LogP) is 2.14. The number of hydrogen-bond donors (Lipinski definition) is 1. The van der Waals surface area contributed by atoms with Crippen LogP contribution in [-0.4, -0.2) is 40.7 Å². The average Bonchev–Trinajstić information content (AvgIpc) is 2.40. The van der Waals surface area contributed by atoms with Crippen LogP contribution in [0.25, 0.3) is 0 Å². The van der Waals surface area contributed by atoms with Crippen LogP contribution < -0.4 is 4.74 Å². The van der Waals surface area contributed by atoms with Crippen LogP contribution in [0.4, 0.5) is 0 Å². The Morgan fingerprint density at radius 1 is 1.30 bits per heavy atom. The highest BCUT2D eigenvalue weighted by Crippen LogP contribution is 2.22. The first-order valence-electron chi connectivity index (χ1n) is 7.12. The summed E-state index contributed by atoms with van der Waals surface area (Å²) in [5.74, 6) is 0.696. The largest absolute Gasteiger partial charge is 0.481 e. The zero-order valence-electron chi connectivity index (χ0n) is 12.4. The molecule has 1 atom stereocenters. The van der Waals surface area contributed by atoms with Crippen molar-refractivity contribution in [2.45, 2.75) is 45.3 Å². The Bertz CT molecular complexity index is 457. The van der Waals surface area contributed by atoms with Crippen LogP contribution in [0.3, 0.4) is 0 Å². The van der Waals surface area contributed by atoms with E-state index in [1.165, 1.54) is 0 Å². The molecule has 1 heterocycles. The molecule has 1 unspecified atom stereocenters. The summed E-state index contributed by atoms with van der Waals surface area (Å²) in [5.41, 5.74) is 0.521. The van der Waals surface area contributed by atoms with E-state index in [-0.39, 0.29) is 5.91 Å². The smallest absolute Gasteiger partial charge is 0.263 e. The Morgan fingerprint density at radius 3 is 2.40 bits per heavy atom. The molecule has 0 aromatic heterocycles. The van der Waals surface area contributed by atoms with Crippen molar-refractivity contribution in [2.24, 2.45) is 0 Å². The molecule has 0 aliphatic carbocycles. The molecule has 1 aromatic rings. The van der Waals surface area contributed by atoms with Gasteiger partial charge in [0.2, 0.25) is 0 Å². The number of piperidine rings is 1. The van der Waals surface area contributed by atoms with Crippen LogP contribution in [0.1, 0.15) is 32.3 Å². The van der Waals surface area contributed by atoms with Gasteiger partial charge in [0.05, 0.1) is 5.60 Å². The number of ether oxygens (including phenoxy) is 1. The SMILES string of the molecule is Cc1ccc(OC(C)C(=O)N2CCC(C)(O)CC2)cc1. The first-order chi connectivity index (χ1) is 9.37. The van der Waals surface area contributed by atoms with Gasteiger partial charge in [0.25, 0.3) is 5.91 Å². The maximum absolute atomic E-state index is 12.3. The van der Waals surface area contributed by atoms with Crippen LogP contribution in [0.2, 0.25) is 0 Å². The number of rotatable bonds is 3. The molecule has 1 amide bonds. The molecule has 1 fully saturated rings. The maximum Gasteiger partial charge on any atom is 0.263 e. The van der Waals surface area contributed by atoms with Crippen molar-refractivity contribution >= 4 is 5.91 Å². The second kappa shape index (κ2) is 5.83. The molecule has 2 rings (SSSR count). The van der Waals surface area contributed by atoms with Gasteiger partial charge < -0.3 is 14.7 Å². The van der Waals surface area contributed by atoms with Gasteiger partial charge in [0.15, 0.2) is 6.10 Å². The Morgan fingerprint density at radius 2 is 1.85 bits per heavy atom. The van der Waals surface area contributed by atoms with Crippen LogP contribution >= 0.6 is 0 Å². The van der Waals surface area contributed by atoms with Crippen LogP contribution in [0.5, 0.6) is 5.75 Å². The predicted molar refractivity (Wildman–Crippen MR) is 77.7 cm³/mol. The zero-order valence-corrected chi connectivity index (χ0v) is 12.4. The summed E-state index contributed by atoms with van der Waals surface area (Å²) in [6.45, 7) is 6.79. The maximum atomic E-state index is 12.3. The number of carbonyl (C=O) groups excluding carboxylic acids is 1. The summed E-state index contributed by atoms with van der Waals surface area (Å²) < 4.78 is 5.68. The van der Waals surface area contributed by atoms with E-state index in [1.807, 2.05) is 38.1 Å². The number of nitrogens with zero attached hydrogens (tertiary/aromatic N) is 1. The fourth-order valence-electron chi connectivity index (χ4n) is 2.34. The summed E-state index contributed by atoms with van der Waals surface area (Å²) in [5, 5.41) is 9.90. The highest BCUT2D eigenvalue weighted by molar-refractivity contribution is 5.81. The van der Waals surface area contributed by atoms with Gasteiger partial charge in [-0.3, -0.25) is 4.79 Å². The lowest BCUT2D eigenvalue weighted by Gasteiger charge is -2.36. The van der Waals surface area contributed by atoms with Gasteiger partial charge in [-0.05, 0) is 45.7 Å². The Labute approximate surface area is 120 Å². The third-order valence-corrected chi connectivity index (χ3v) is 3.83. The first kappa shape index (κ1) is 14.9. The van der Waals surface area contributed by atoms with E-state index in [0.717, 1.165) is 5.56 Å². The lowest BCUT2D eigenvalue weighted by Crippen LogP contribution is -2.49. The van der Waals surface area contributed by atoms with Crippen molar-refractivity contribution in [1.82, 2.24) is 4.90 Å². The highest BCUT2D eigenvalue weighted by Gasteiger charge is 2.31. The summed E-state index contributed by atoms with van der Waals surface area (Å²) in [6, 6.07) is 7.68. The van der Waals surface area contributed by atoms with Crippen LogP contribution in [-0.2, 0) is 4.79 Å². The van der Waals surface area contributed by atoms with Crippen molar-refractivity contribution in [3.63, 3.8) is 0 Å². The standard InChI is InChI=1S/C16H23NO3/c1-12-4-6-14(7-5-12)20-13(2)15(18)17-10-8-16(3,19)9-11-17/h4-7,13,19H,8-11H2,1-3H3. The molecule has 1 aliphatic heterocycles. The Balaban J connectivity index is 1.90. The number of hydrogen-bond acceptors (Lipinski definition) is 3. The molecule has 4 nitrogen and oxygen atoms in total. The minimum Gasteiger partial charge on any atom is -0.481 e. The fraction of sp³-hybridized carbons (Fsp3) is 0.562. The fourth-order valence-corrected chi connectivity index (χ4v) is 2.34. The van der Waals surface area contributed by atoms with Gasteiger partial charge in [-0.15, -0.1) is 0 Å². The van der Waals surface area contributed by atoms with E-state index < -0.39 is 11.7 Å². The van der Waals surface area contributed by atoms with Crippen molar-refractivity contribution in [1.29, 1.82) is 0 Å². The number of likely N-dealkylation sites (tertiary alicyclic amines) is 1. The third-order valence-electron chi connectivity index (χ3n) is 3.83. The molecule has 0 saturated carbocycles. The molecule has 1 aliphatic rings. The van der Waals surface area contributed by atoms with E-state index in [2.05, 4.69) is 0 Å². The second-order valence-corrected chi connectivity index (χ2v) is 5.90. The summed E-state index contributed by atoms with van der Waals surface area (Å²) in [7, 11) is 0. The quantitative estimate of drug-likeness (QED) is 0.921. The summed E-state index contributed by atoms with van der Waals surface area (Å²) >= 11 is 0. The van der Waals surface area contributed by atoms with Gasteiger partial charge in [0.1, 0.15) is 5.75 Å². The Hall–Kier alpha value is -1.55. The molecular weight excluding hydrogens is 254 g/mol. The number of benzene rings is 1. The number of amides is 1. The van der Waals surface area contributed by atoms with E-state index >= 15 is 0 Å². The molecule has 4 heteroatoms. The monoisotopic (exact) mass is 277 g/mol. The second-order valence-electron chi connectivity index (χ2n) is 5.90. The molecule has 0 spiro atoms. The third kappa shape index (κ3) is 3.73. The van der Waals surface area contributed by atoms with Gasteiger partial charge in [-0.1, -0.05) is 17.7 Å². The lowest BCUT2D eigenvalue weighted by atomic mass is 9.93. The summed E-state index contributed by atoms with van der Waals surface area (Å²) in [6.07, 6.45) is 0.743.